The molecular weight excluding hydrogens is 304 g/mol. The van der Waals surface area contributed by atoms with Crippen LogP contribution in [0.4, 0.5) is 5.95 Å². The maximum Gasteiger partial charge on any atom is 0.255 e. The van der Waals surface area contributed by atoms with E-state index < -0.39 is 0 Å². The van der Waals surface area contributed by atoms with Gasteiger partial charge in [-0.3, -0.25) is 14.7 Å². The van der Waals surface area contributed by atoms with Gasteiger partial charge in [0.2, 0.25) is 5.95 Å². The summed E-state index contributed by atoms with van der Waals surface area (Å²) in [6.07, 6.45) is 5.58. The van der Waals surface area contributed by atoms with Gasteiger partial charge in [0, 0.05) is 44.4 Å². The molecule has 0 unspecified atom stereocenters. The van der Waals surface area contributed by atoms with Crippen LogP contribution >= 0.6 is 0 Å². The van der Waals surface area contributed by atoms with E-state index in [0.29, 0.717) is 12.0 Å². The third-order valence-corrected chi connectivity index (χ3v) is 5.76. The molecule has 3 aliphatic heterocycles. The van der Waals surface area contributed by atoms with Crippen LogP contribution in [-0.4, -0.2) is 53.8 Å². The molecule has 0 bridgehead atoms. The molecule has 1 N–H and O–H groups in total. The molecule has 0 aliphatic carbocycles. The number of hydrogen-bond acceptors (Lipinski definition) is 5. The van der Waals surface area contributed by atoms with Gasteiger partial charge in [0.1, 0.15) is 0 Å². The first-order chi connectivity index (χ1) is 11.7. The quantitative estimate of drug-likeness (QED) is 0.910. The Kier molecular flexibility index (Phi) is 4.59. The summed E-state index contributed by atoms with van der Waals surface area (Å²) in [4.78, 5) is 25.2. The van der Waals surface area contributed by atoms with Gasteiger partial charge in [0.25, 0.3) is 5.56 Å². The normalized spacial score (nSPS) is 28.1. The number of rotatable bonds is 3. The van der Waals surface area contributed by atoms with Crippen molar-refractivity contribution in [2.45, 2.75) is 51.6 Å². The first kappa shape index (κ1) is 16.1. The van der Waals surface area contributed by atoms with E-state index in [4.69, 9.17) is 9.72 Å². The lowest BCUT2D eigenvalue weighted by molar-refractivity contribution is 0.161. The number of nitrogens with zero attached hydrogens (tertiary/aromatic N) is 3. The Morgan fingerprint density at radius 1 is 1.29 bits per heavy atom. The van der Waals surface area contributed by atoms with Crippen LogP contribution in [0.5, 0.6) is 0 Å². The second-order valence-corrected chi connectivity index (χ2v) is 7.57. The minimum Gasteiger partial charge on any atom is -0.381 e. The fourth-order valence-electron chi connectivity index (χ4n) is 4.28. The molecule has 2 atom stereocenters. The highest BCUT2D eigenvalue weighted by molar-refractivity contribution is 5.36. The number of nitrogens with one attached hydrogen (secondary N) is 1. The standard InChI is InChI=1S/C18H28N4O2/c1-13-4-2-3-7-22(13)18-19-16-11-21(10-14-6-9-24-12-14)8-5-15(16)17(23)20-18/h13-14H,2-12H2,1H3,(H,19,20,23)/t13-,14+/m1/s1. The van der Waals surface area contributed by atoms with Crippen molar-refractivity contribution >= 4 is 5.95 Å². The van der Waals surface area contributed by atoms with E-state index in [0.717, 1.165) is 69.4 Å². The molecule has 0 radical (unpaired) electrons. The first-order valence-corrected chi connectivity index (χ1v) is 9.39. The number of fused-ring (bicyclic) bond motifs is 1. The van der Waals surface area contributed by atoms with Crippen molar-refractivity contribution in [3.8, 4) is 0 Å². The highest BCUT2D eigenvalue weighted by Crippen LogP contribution is 2.24. The van der Waals surface area contributed by atoms with E-state index in [9.17, 15) is 4.79 Å². The molecule has 24 heavy (non-hydrogen) atoms. The van der Waals surface area contributed by atoms with E-state index in [-0.39, 0.29) is 5.56 Å². The van der Waals surface area contributed by atoms with Crippen molar-refractivity contribution in [2.24, 2.45) is 5.92 Å². The molecule has 132 valence electrons. The van der Waals surface area contributed by atoms with Crippen LogP contribution in [0.3, 0.4) is 0 Å². The van der Waals surface area contributed by atoms with Crippen molar-refractivity contribution in [2.75, 3.05) is 37.7 Å². The number of anilines is 1. The molecule has 2 fully saturated rings. The van der Waals surface area contributed by atoms with Gasteiger partial charge in [-0.25, -0.2) is 4.98 Å². The number of ether oxygens (including phenoxy) is 1. The second kappa shape index (κ2) is 6.84. The molecule has 0 saturated carbocycles. The van der Waals surface area contributed by atoms with Crippen LogP contribution in [0, 0.1) is 5.92 Å². The summed E-state index contributed by atoms with van der Waals surface area (Å²) in [5.74, 6) is 1.41. The Hall–Kier alpha value is -1.40. The van der Waals surface area contributed by atoms with E-state index in [1.54, 1.807) is 0 Å². The van der Waals surface area contributed by atoms with Crippen molar-refractivity contribution in [1.82, 2.24) is 14.9 Å². The summed E-state index contributed by atoms with van der Waals surface area (Å²) in [7, 11) is 0. The summed E-state index contributed by atoms with van der Waals surface area (Å²) < 4.78 is 5.49. The Balaban J connectivity index is 1.53. The molecular formula is C18H28N4O2. The van der Waals surface area contributed by atoms with Gasteiger partial charge in [0.05, 0.1) is 12.3 Å². The predicted molar refractivity (Wildman–Crippen MR) is 93.4 cm³/mol. The number of piperidine rings is 1. The number of H-pyrrole nitrogens is 1. The molecule has 0 aromatic carbocycles. The Bertz CT molecular complexity index is 638. The fraction of sp³-hybridized carbons (Fsp3) is 0.778. The SMILES string of the molecule is C[C@@H]1CCCCN1c1nc2c(c(=O)[nH]1)CCN(C[C@@H]1CCOC1)C2. The summed E-state index contributed by atoms with van der Waals surface area (Å²) >= 11 is 0. The van der Waals surface area contributed by atoms with Crippen molar-refractivity contribution in [1.29, 1.82) is 0 Å². The number of aromatic nitrogens is 2. The average Bonchev–Trinajstić information content (AvgIpc) is 3.08. The highest BCUT2D eigenvalue weighted by Gasteiger charge is 2.27. The number of aromatic amines is 1. The van der Waals surface area contributed by atoms with Crippen LogP contribution in [-0.2, 0) is 17.7 Å². The largest absolute Gasteiger partial charge is 0.381 e. The summed E-state index contributed by atoms with van der Waals surface area (Å²) in [6.45, 7) is 7.80. The minimum atomic E-state index is 0.0663. The van der Waals surface area contributed by atoms with Gasteiger partial charge in [0.15, 0.2) is 0 Å². The van der Waals surface area contributed by atoms with Crippen LogP contribution in [0.2, 0.25) is 0 Å². The van der Waals surface area contributed by atoms with Gasteiger partial charge in [-0.15, -0.1) is 0 Å². The zero-order chi connectivity index (χ0) is 16.5. The summed E-state index contributed by atoms with van der Waals surface area (Å²) in [6, 6.07) is 0.454. The fourth-order valence-corrected chi connectivity index (χ4v) is 4.28. The lowest BCUT2D eigenvalue weighted by atomic mass is 10.0. The third-order valence-electron chi connectivity index (χ3n) is 5.76. The lowest BCUT2D eigenvalue weighted by Gasteiger charge is -2.35. The van der Waals surface area contributed by atoms with Gasteiger partial charge >= 0.3 is 0 Å². The predicted octanol–water partition coefficient (Wildman–Crippen LogP) is 1.54. The van der Waals surface area contributed by atoms with E-state index >= 15 is 0 Å². The molecule has 1 aromatic heterocycles. The van der Waals surface area contributed by atoms with Gasteiger partial charge < -0.3 is 9.64 Å². The van der Waals surface area contributed by atoms with Crippen molar-refractivity contribution < 1.29 is 4.74 Å². The first-order valence-electron chi connectivity index (χ1n) is 9.39. The van der Waals surface area contributed by atoms with Crippen LogP contribution in [0.25, 0.3) is 0 Å². The second-order valence-electron chi connectivity index (χ2n) is 7.57. The van der Waals surface area contributed by atoms with Crippen LogP contribution < -0.4 is 10.5 Å². The van der Waals surface area contributed by atoms with Gasteiger partial charge in [-0.2, -0.15) is 0 Å². The molecule has 2 saturated heterocycles. The maximum absolute atomic E-state index is 12.5. The Morgan fingerprint density at radius 2 is 2.21 bits per heavy atom. The molecule has 0 amide bonds. The van der Waals surface area contributed by atoms with E-state index in [1.807, 2.05) is 0 Å². The average molecular weight is 332 g/mol. The van der Waals surface area contributed by atoms with Crippen molar-refractivity contribution in [3.05, 3.63) is 21.6 Å². The van der Waals surface area contributed by atoms with E-state index in [2.05, 4.69) is 21.7 Å². The Morgan fingerprint density at radius 3 is 3.00 bits per heavy atom. The molecule has 4 heterocycles. The van der Waals surface area contributed by atoms with Crippen molar-refractivity contribution in [3.63, 3.8) is 0 Å². The smallest absolute Gasteiger partial charge is 0.255 e. The molecule has 6 heteroatoms. The highest BCUT2D eigenvalue weighted by atomic mass is 16.5. The van der Waals surface area contributed by atoms with Crippen LogP contribution in [0.1, 0.15) is 43.9 Å². The zero-order valence-electron chi connectivity index (χ0n) is 14.6. The monoisotopic (exact) mass is 332 g/mol. The van der Waals surface area contributed by atoms with Gasteiger partial charge in [-0.1, -0.05) is 0 Å². The topological polar surface area (TPSA) is 61.5 Å². The minimum absolute atomic E-state index is 0.0663. The molecule has 3 aliphatic rings. The number of hydrogen-bond donors (Lipinski definition) is 1. The third kappa shape index (κ3) is 3.22. The summed E-state index contributed by atoms with van der Waals surface area (Å²) in [5.41, 5.74) is 1.94. The van der Waals surface area contributed by atoms with Gasteiger partial charge in [-0.05, 0) is 44.9 Å². The van der Waals surface area contributed by atoms with Crippen LogP contribution in [0.15, 0.2) is 4.79 Å². The molecule has 6 nitrogen and oxygen atoms in total. The maximum atomic E-state index is 12.5. The molecule has 1 aromatic rings. The van der Waals surface area contributed by atoms with E-state index in [1.165, 1.54) is 19.3 Å². The summed E-state index contributed by atoms with van der Waals surface area (Å²) in [5, 5.41) is 0. The zero-order valence-corrected chi connectivity index (χ0v) is 14.6. The molecule has 0 spiro atoms. The Labute approximate surface area is 143 Å². The molecule has 4 rings (SSSR count). The lowest BCUT2D eigenvalue weighted by Crippen LogP contribution is -2.42.